The Hall–Kier alpha value is -3.28. The zero-order chi connectivity index (χ0) is 19.3. The summed E-state index contributed by atoms with van der Waals surface area (Å²) in [5, 5.41) is 14.6. The van der Waals surface area contributed by atoms with Crippen LogP contribution in [0.3, 0.4) is 0 Å². The molecule has 1 aliphatic rings. The number of rotatable bonds is 5. The Morgan fingerprint density at radius 1 is 0.893 bits per heavy atom. The molecule has 1 saturated carbocycles. The number of anilines is 2. The number of nitrogens with one attached hydrogen (secondary N) is 2. The molecule has 2 aromatic carbocycles. The molecule has 142 valence electrons. The second-order valence-corrected chi connectivity index (χ2v) is 6.97. The molecular formula is C22H21FN4O. The van der Waals surface area contributed by atoms with E-state index in [1.165, 1.54) is 25.0 Å². The highest BCUT2D eigenvalue weighted by Crippen LogP contribution is 2.21. The molecule has 1 aromatic heterocycles. The molecular weight excluding hydrogens is 355 g/mol. The van der Waals surface area contributed by atoms with E-state index in [0.29, 0.717) is 23.1 Å². The van der Waals surface area contributed by atoms with Gasteiger partial charge in [-0.05, 0) is 73.5 Å². The summed E-state index contributed by atoms with van der Waals surface area (Å²) in [7, 11) is 0. The molecule has 3 aromatic rings. The molecule has 1 aliphatic carbocycles. The maximum Gasteiger partial charge on any atom is 0.251 e. The summed E-state index contributed by atoms with van der Waals surface area (Å²) in [5.41, 5.74) is 2.94. The van der Waals surface area contributed by atoms with E-state index in [1.54, 1.807) is 24.3 Å². The van der Waals surface area contributed by atoms with Crippen molar-refractivity contribution in [3.63, 3.8) is 0 Å². The molecule has 1 amide bonds. The molecule has 2 N–H and O–H groups in total. The molecule has 0 atom stereocenters. The average molecular weight is 376 g/mol. The van der Waals surface area contributed by atoms with Gasteiger partial charge in [0, 0.05) is 22.9 Å². The van der Waals surface area contributed by atoms with Gasteiger partial charge in [0.1, 0.15) is 5.82 Å². The van der Waals surface area contributed by atoms with Crippen LogP contribution in [0.1, 0.15) is 36.0 Å². The highest BCUT2D eigenvalue weighted by Gasteiger charge is 2.17. The smallest absolute Gasteiger partial charge is 0.251 e. The Bertz CT molecular complexity index is 934. The first-order valence-electron chi connectivity index (χ1n) is 9.45. The lowest BCUT2D eigenvalue weighted by Gasteiger charge is -2.12. The van der Waals surface area contributed by atoms with E-state index in [0.717, 1.165) is 24.1 Å². The number of amides is 1. The van der Waals surface area contributed by atoms with Gasteiger partial charge in [-0.3, -0.25) is 4.79 Å². The summed E-state index contributed by atoms with van der Waals surface area (Å²) in [6.45, 7) is 0. The molecule has 5 nitrogen and oxygen atoms in total. The van der Waals surface area contributed by atoms with Gasteiger partial charge in [-0.2, -0.15) is 0 Å². The standard InChI is InChI=1S/C22H21FN4O/c23-17-9-5-15(6-10-17)20-13-14-21(27-26-20)24-19-11-7-16(8-12-19)22(28)25-18-3-1-2-4-18/h5-14,18H,1-4H2,(H,24,27)(H,25,28). The van der Waals surface area contributed by atoms with Crippen LogP contribution in [0, 0.1) is 5.82 Å². The van der Waals surface area contributed by atoms with Gasteiger partial charge in [-0.15, -0.1) is 10.2 Å². The number of hydrogen-bond donors (Lipinski definition) is 2. The van der Waals surface area contributed by atoms with Gasteiger partial charge >= 0.3 is 0 Å². The lowest BCUT2D eigenvalue weighted by Crippen LogP contribution is -2.32. The number of carbonyl (C=O) groups excluding carboxylic acids is 1. The Morgan fingerprint density at radius 3 is 2.25 bits per heavy atom. The summed E-state index contributed by atoms with van der Waals surface area (Å²) >= 11 is 0. The lowest BCUT2D eigenvalue weighted by atomic mass is 10.1. The van der Waals surface area contributed by atoms with Crippen molar-refractivity contribution in [2.45, 2.75) is 31.7 Å². The zero-order valence-corrected chi connectivity index (χ0v) is 15.4. The van der Waals surface area contributed by atoms with Crippen molar-refractivity contribution >= 4 is 17.4 Å². The Labute approximate surface area is 163 Å². The molecule has 0 radical (unpaired) electrons. The first-order valence-corrected chi connectivity index (χ1v) is 9.45. The SMILES string of the molecule is O=C(NC1CCCC1)c1ccc(Nc2ccc(-c3ccc(F)cc3)nn2)cc1. The van der Waals surface area contributed by atoms with Crippen molar-refractivity contribution in [2.24, 2.45) is 0 Å². The fourth-order valence-corrected chi connectivity index (χ4v) is 3.37. The predicted molar refractivity (Wildman–Crippen MR) is 107 cm³/mol. The van der Waals surface area contributed by atoms with Crippen LogP contribution in [0.2, 0.25) is 0 Å². The van der Waals surface area contributed by atoms with Crippen LogP contribution in [-0.4, -0.2) is 22.1 Å². The van der Waals surface area contributed by atoms with Gasteiger partial charge in [-0.25, -0.2) is 4.39 Å². The Kier molecular flexibility index (Phi) is 5.28. The normalized spacial score (nSPS) is 14.0. The number of aromatic nitrogens is 2. The largest absolute Gasteiger partial charge is 0.349 e. The zero-order valence-electron chi connectivity index (χ0n) is 15.4. The van der Waals surface area contributed by atoms with Crippen LogP contribution >= 0.6 is 0 Å². The highest BCUT2D eigenvalue weighted by molar-refractivity contribution is 5.94. The maximum absolute atomic E-state index is 13.0. The number of hydrogen-bond acceptors (Lipinski definition) is 4. The molecule has 0 bridgehead atoms. The molecule has 0 aliphatic heterocycles. The maximum atomic E-state index is 13.0. The second-order valence-electron chi connectivity index (χ2n) is 6.97. The van der Waals surface area contributed by atoms with E-state index in [9.17, 15) is 9.18 Å². The molecule has 1 fully saturated rings. The van der Waals surface area contributed by atoms with E-state index in [2.05, 4.69) is 20.8 Å². The third-order valence-electron chi connectivity index (χ3n) is 4.91. The molecule has 0 spiro atoms. The number of halogens is 1. The third kappa shape index (κ3) is 4.34. The predicted octanol–water partition coefficient (Wildman–Crippen LogP) is 4.70. The number of benzene rings is 2. The van der Waals surface area contributed by atoms with Crippen LogP contribution in [0.5, 0.6) is 0 Å². The summed E-state index contributed by atoms with van der Waals surface area (Å²) in [6.07, 6.45) is 4.51. The fraction of sp³-hybridized carbons (Fsp3) is 0.227. The summed E-state index contributed by atoms with van der Waals surface area (Å²) in [6, 6.07) is 17.4. The molecule has 0 saturated heterocycles. The molecule has 6 heteroatoms. The van der Waals surface area contributed by atoms with Crippen molar-refractivity contribution in [3.05, 3.63) is 72.0 Å². The van der Waals surface area contributed by atoms with Crippen molar-refractivity contribution < 1.29 is 9.18 Å². The minimum absolute atomic E-state index is 0.0260. The minimum Gasteiger partial charge on any atom is -0.349 e. The van der Waals surface area contributed by atoms with Crippen LogP contribution in [0.4, 0.5) is 15.9 Å². The van der Waals surface area contributed by atoms with E-state index < -0.39 is 0 Å². The van der Waals surface area contributed by atoms with Gasteiger partial charge in [0.25, 0.3) is 5.91 Å². The van der Waals surface area contributed by atoms with Crippen molar-refractivity contribution in [2.75, 3.05) is 5.32 Å². The topological polar surface area (TPSA) is 66.9 Å². The van der Waals surface area contributed by atoms with Crippen molar-refractivity contribution in [3.8, 4) is 11.3 Å². The van der Waals surface area contributed by atoms with Crippen molar-refractivity contribution in [1.82, 2.24) is 15.5 Å². The molecule has 28 heavy (non-hydrogen) atoms. The average Bonchev–Trinajstić information content (AvgIpc) is 3.23. The van der Waals surface area contributed by atoms with Gasteiger partial charge in [-0.1, -0.05) is 12.8 Å². The molecule has 0 unspecified atom stereocenters. The van der Waals surface area contributed by atoms with Gasteiger partial charge < -0.3 is 10.6 Å². The van der Waals surface area contributed by atoms with Crippen LogP contribution in [0.15, 0.2) is 60.7 Å². The number of nitrogens with zero attached hydrogens (tertiary/aromatic N) is 2. The number of carbonyl (C=O) groups is 1. The van der Waals surface area contributed by atoms with E-state index in [-0.39, 0.29) is 11.7 Å². The van der Waals surface area contributed by atoms with E-state index in [4.69, 9.17) is 0 Å². The Morgan fingerprint density at radius 2 is 1.61 bits per heavy atom. The third-order valence-corrected chi connectivity index (χ3v) is 4.91. The van der Waals surface area contributed by atoms with E-state index >= 15 is 0 Å². The van der Waals surface area contributed by atoms with Crippen molar-refractivity contribution in [1.29, 1.82) is 0 Å². The molecule has 1 heterocycles. The van der Waals surface area contributed by atoms with Gasteiger partial charge in [0.15, 0.2) is 5.82 Å². The summed E-state index contributed by atoms with van der Waals surface area (Å²) < 4.78 is 13.0. The molecule has 4 rings (SSSR count). The summed E-state index contributed by atoms with van der Waals surface area (Å²) in [4.78, 5) is 12.3. The monoisotopic (exact) mass is 376 g/mol. The second kappa shape index (κ2) is 8.17. The minimum atomic E-state index is -0.282. The van der Waals surface area contributed by atoms with Crippen LogP contribution < -0.4 is 10.6 Å². The van der Waals surface area contributed by atoms with Crippen LogP contribution in [-0.2, 0) is 0 Å². The van der Waals surface area contributed by atoms with E-state index in [1.807, 2.05) is 24.3 Å². The first-order chi connectivity index (χ1) is 13.7. The quantitative estimate of drug-likeness (QED) is 0.677. The fourth-order valence-electron chi connectivity index (χ4n) is 3.37. The van der Waals surface area contributed by atoms with Crippen LogP contribution in [0.25, 0.3) is 11.3 Å². The highest BCUT2D eigenvalue weighted by atomic mass is 19.1. The Balaban J connectivity index is 1.38. The lowest BCUT2D eigenvalue weighted by molar-refractivity contribution is 0.0938. The summed E-state index contributed by atoms with van der Waals surface area (Å²) in [5.74, 6) is 0.284. The van der Waals surface area contributed by atoms with Gasteiger partial charge in [0.2, 0.25) is 0 Å². The first kappa shape index (κ1) is 18.1. The van der Waals surface area contributed by atoms with Gasteiger partial charge in [0.05, 0.1) is 5.69 Å².